The average Bonchev–Trinajstić information content (AvgIpc) is 0.802. The monoisotopic (exact) mass is 1370 g/mol. The third-order valence-corrected chi connectivity index (χ3v) is 18.0. The Bertz CT molecular complexity index is 4380. The summed E-state index contributed by atoms with van der Waals surface area (Å²) in [6, 6.07) is 67.0. The molecule has 524 valence electrons. The smallest absolute Gasteiger partial charge is 0.128 e. The van der Waals surface area contributed by atoms with Crippen LogP contribution >= 0.6 is 0 Å². The second-order valence-electron chi connectivity index (χ2n) is 28.1. The molecule has 2 atom stereocenters. The number of phenols is 2. The Morgan fingerprint density at radius 1 is 0.337 bits per heavy atom. The summed E-state index contributed by atoms with van der Waals surface area (Å²) < 4.78 is 37.9. The number of benzene rings is 10. The summed E-state index contributed by atoms with van der Waals surface area (Å²) in [5.41, 5.74) is 15.2. The molecule has 0 bridgehead atoms. The molecule has 2 N–H and O–H groups in total. The van der Waals surface area contributed by atoms with E-state index in [0.29, 0.717) is 72.1 Å². The maximum atomic E-state index is 11.9. The van der Waals surface area contributed by atoms with Gasteiger partial charge in [-0.1, -0.05) is 226 Å². The molecule has 0 aromatic heterocycles. The SMILES string of the molecule is C=Cc1ccc(COc2cc(COc3ccc(C#Cc4cc(C=N[C@@H]5CCCC[C@H]5N=Cc5cc(C#Cc6ccc(OCc7cc(OCc8ccc(C=C)cc8)cc(OCc8ccc(C=C)cc8)c7)cc6)cc(C(C)(C)C)c5O)c(O)c(C(C)(C)C)c4)cc3)cc(OCc3ccc(C=C)cc3)c2)cc1. The third kappa shape index (κ3) is 20.8. The first kappa shape index (κ1) is 73.2. The summed E-state index contributed by atoms with van der Waals surface area (Å²) in [5.74, 6) is 17.8. The van der Waals surface area contributed by atoms with Gasteiger partial charge in [0.05, 0.1) is 12.1 Å². The number of aliphatic imine (C=N–C) groups is 2. The van der Waals surface area contributed by atoms with Gasteiger partial charge in [-0.05, 0) is 176 Å². The van der Waals surface area contributed by atoms with Gasteiger partial charge in [0.25, 0.3) is 0 Å². The lowest BCUT2D eigenvalue weighted by Gasteiger charge is -2.26. The predicted molar refractivity (Wildman–Crippen MR) is 425 cm³/mol. The van der Waals surface area contributed by atoms with E-state index < -0.39 is 10.8 Å². The van der Waals surface area contributed by atoms with Gasteiger partial charge in [-0.3, -0.25) is 9.98 Å². The van der Waals surface area contributed by atoms with Crippen LogP contribution in [0, 0.1) is 23.7 Å². The van der Waals surface area contributed by atoms with E-state index in [4.69, 9.17) is 38.4 Å². The normalized spacial score (nSPS) is 13.6. The minimum Gasteiger partial charge on any atom is -0.507 e. The summed E-state index contributed by atoms with van der Waals surface area (Å²) in [6.07, 6.45) is 14.5. The molecule has 0 unspecified atom stereocenters. The van der Waals surface area contributed by atoms with Crippen molar-refractivity contribution in [3.05, 3.63) is 333 Å². The van der Waals surface area contributed by atoms with Crippen LogP contribution in [0.4, 0.5) is 0 Å². The molecule has 104 heavy (non-hydrogen) atoms. The van der Waals surface area contributed by atoms with Crippen LogP contribution in [0.15, 0.2) is 243 Å². The average molecular weight is 1380 g/mol. The first-order valence-electron chi connectivity index (χ1n) is 35.3. The number of nitrogens with zero attached hydrogens (tertiary/aromatic N) is 2. The molecule has 10 heteroatoms. The predicted octanol–water partition coefficient (Wildman–Crippen LogP) is 21.4. The highest BCUT2D eigenvalue weighted by molar-refractivity contribution is 5.87. The maximum absolute atomic E-state index is 11.9. The highest BCUT2D eigenvalue weighted by atomic mass is 16.5. The number of aromatic hydroxyl groups is 2. The Hall–Kier alpha value is -12.0. The molecule has 0 aliphatic heterocycles. The number of ether oxygens (including phenoxy) is 6. The van der Waals surface area contributed by atoms with Crippen molar-refractivity contribution in [3.8, 4) is 69.7 Å². The van der Waals surface area contributed by atoms with Crippen LogP contribution in [-0.4, -0.2) is 34.7 Å². The zero-order chi connectivity index (χ0) is 73.0. The first-order chi connectivity index (χ1) is 50.3. The topological polar surface area (TPSA) is 121 Å². The van der Waals surface area contributed by atoms with E-state index in [0.717, 1.165) is 115 Å². The Labute approximate surface area is 614 Å². The fourth-order valence-electron chi connectivity index (χ4n) is 11.9. The minimum absolute atomic E-state index is 0.156. The number of hydrogen-bond donors (Lipinski definition) is 2. The lowest BCUT2D eigenvalue weighted by Crippen LogP contribution is -2.27. The molecule has 10 nitrogen and oxygen atoms in total. The largest absolute Gasteiger partial charge is 0.507 e. The third-order valence-electron chi connectivity index (χ3n) is 18.0. The second kappa shape index (κ2) is 34.6. The Balaban J connectivity index is 0.745. The molecule has 1 aliphatic rings. The lowest BCUT2D eigenvalue weighted by atomic mass is 9.84. The number of hydrogen-bond acceptors (Lipinski definition) is 10. The van der Waals surface area contributed by atoms with Gasteiger partial charge in [0, 0.05) is 69.1 Å². The van der Waals surface area contributed by atoms with Gasteiger partial charge in [0.2, 0.25) is 0 Å². The molecule has 11 rings (SSSR count). The van der Waals surface area contributed by atoms with E-state index in [-0.39, 0.29) is 36.8 Å². The van der Waals surface area contributed by atoms with E-state index in [2.05, 4.69) is 91.5 Å². The Morgan fingerprint density at radius 3 is 0.885 bits per heavy atom. The maximum Gasteiger partial charge on any atom is 0.128 e. The van der Waals surface area contributed by atoms with Crippen molar-refractivity contribution >= 4 is 36.7 Å². The van der Waals surface area contributed by atoms with Gasteiger partial charge in [-0.2, -0.15) is 0 Å². The molecule has 0 spiro atoms. The molecule has 0 amide bonds. The van der Waals surface area contributed by atoms with Crippen LogP contribution < -0.4 is 28.4 Å². The van der Waals surface area contributed by atoms with Crippen LogP contribution in [0.2, 0.25) is 0 Å². The zero-order valence-corrected chi connectivity index (χ0v) is 60.4. The van der Waals surface area contributed by atoms with E-state index in [1.165, 1.54) is 0 Å². The van der Waals surface area contributed by atoms with Crippen molar-refractivity contribution in [2.24, 2.45) is 9.98 Å². The van der Waals surface area contributed by atoms with E-state index >= 15 is 0 Å². The molecular weight excluding hydrogens is 1290 g/mol. The minimum atomic E-state index is -0.392. The standard InChI is InChI=1S/C94H90N2O8/c1-11-65-19-29-71(30-20-65)59-101-83-49-77(50-84(55-83)102-60-72-31-21-66(12-2)22-32-72)63-99-81-43-39-69(40-44-81)27-37-75-47-79(91(97)87(53-75)93(5,6)7)57-95-89-17-15-16-18-90(89)96-58-80-48-76(54-88(92(80)98)94(8,9)10)38-28-70-41-45-82(46-42-70)100-64-78-51-85(103-61-73-33-23-67(13-3)24-34-73)56-86(52-78)104-62-74-35-25-68(14-4)26-36-74/h11-14,19-26,29-36,39-58,89-90,97-98H,1-4,15-18,59-64H2,5-10H3/t89-,90-/m1/s1. The van der Waals surface area contributed by atoms with Crippen molar-refractivity contribution in [3.63, 3.8) is 0 Å². The Morgan fingerprint density at radius 2 is 0.606 bits per heavy atom. The van der Waals surface area contributed by atoms with Crippen LogP contribution in [0.1, 0.15) is 167 Å². The lowest BCUT2D eigenvalue weighted by molar-refractivity contribution is 0.281. The van der Waals surface area contributed by atoms with Crippen LogP contribution in [0.25, 0.3) is 24.3 Å². The fraction of sp³-hybridized carbons (Fsp3) is 0.213. The van der Waals surface area contributed by atoms with Crippen LogP contribution in [0.5, 0.6) is 46.0 Å². The van der Waals surface area contributed by atoms with Gasteiger partial charge < -0.3 is 38.6 Å². The highest BCUT2D eigenvalue weighted by Gasteiger charge is 2.26. The van der Waals surface area contributed by atoms with Gasteiger partial charge in [-0.15, -0.1) is 0 Å². The molecule has 0 heterocycles. The molecule has 1 aliphatic carbocycles. The molecule has 0 saturated heterocycles. The molecule has 1 saturated carbocycles. The van der Waals surface area contributed by atoms with Crippen molar-refractivity contribution in [2.75, 3.05) is 0 Å². The summed E-state index contributed by atoms with van der Waals surface area (Å²) >= 11 is 0. The molecular formula is C94H90N2O8. The molecule has 10 aromatic rings. The van der Waals surface area contributed by atoms with Gasteiger partial charge in [0.15, 0.2) is 0 Å². The zero-order valence-electron chi connectivity index (χ0n) is 60.4. The van der Waals surface area contributed by atoms with E-state index in [1.54, 1.807) is 12.4 Å². The highest BCUT2D eigenvalue weighted by Crippen LogP contribution is 2.37. The summed E-state index contributed by atoms with van der Waals surface area (Å²) in [7, 11) is 0. The number of rotatable bonds is 26. The van der Waals surface area contributed by atoms with Crippen LogP contribution in [-0.2, 0) is 50.5 Å². The van der Waals surface area contributed by atoms with Gasteiger partial charge >= 0.3 is 0 Å². The van der Waals surface area contributed by atoms with Crippen molar-refractivity contribution in [1.29, 1.82) is 0 Å². The van der Waals surface area contributed by atoms with Crippen molar-refractivity contribution in [1.82, 2.24) is 0 Å². The van der Waals surface area contributed by atoms with E-state index in [9.17, 15) is 10.2 Å². The summed E-state index contributed by atoms with van der Waals surface area (Å²) in [6.45, 7) is 30.1. The fourth-order valence-corrected chi connectivity index (χ4v) is 11.9. The van der Waals surface area contributed by atoms with Crippen molar-refractivity contribution < 1.29 is 38.6 Å². The van der Waals surface area contributed by atoms with Crippen LogP contribution in [0.3, 0.4) is 0 Å². The van der Waals surface area contributed by atoms with Gasteiger partial charge in [0.1, 0.15) is 85.6 Å². The Kier molecular flexibility index (Phi) is 24.4. The van der Waals surface area contributed by atoms with E-state index in [1.807, 2.05) is 231 Å². The second-order valence-corrected chi connectivity index (χ2v) is 28.1. The summed E-state index contributed by atoms with van der Waals surface area (Å²) in [4.78, 5) is 10.3. The quantitative estimate of drug-likeness (QED) is 0.0406. The number of phenolic OH excluding ortho intramolecular Hbond substituents is 2. The van der Waals surface area contributed by atoms with Crippen molar-refractivity contribution in [2.45, 2.75) is 130 Å². The molecule has 10 aromatic carbocycles. The molecule has 1 fully saturated rings. The van der Waals surface area contributed by atoms with Gasteiger partial charge in [-0.25, -0.2) is 0 Å². The molecule has 0 radical (unpaired) electrons. The first-order valence-corrected chi connectivity index (χ1v) is 35.3. The summed E-state index contributed by atoms with van der Waals surface area (Å²) in [5, 5.41) is 23.7.